The van der Waals surface area contributed by atoms with Gasteiger partial charge in [0, 0.05) is 12.0 Å². The van der Waals surface area contributed by atoms with Crippen LogP contribution in [0.2, 0.25) is 0 Å². The van der Waals surface area contributed by atoms with Gasteiger partial charge in [0.15, 0.2) is 9.84 Å². The number of hydrogen-bond acceptors (Lipinski definition) is 3. The summed E-state index contributed by atoms with van der Waals surface area (Å²) in [6, 6.07) is 4.49. The predicted octanol–water partition coefficient (Wildman–Crippen LogP) is 1.75. The molecule has 0 saturated heterocycles. The fraction of sp³-hybridized carbons (Fsp3) is 0.538. The molecule has 0 bridgehead atoms. The number of rotatable bonds is 4. The molecule has 2 aliphatic carbocycles. The Morgan fingerprint density at radius 3 is 2.44 bits per heavy atom. The third kappa shape index (κ3) is 1.77. The van der Waals surface area contributed by atoms with E-state index >= 15 is 0 Å². The quantitative estimate of drug-likeness (QED) is 0.906. The van der Waals surface area contributed by atoms with E-state index in [0.717, 1.165) is 18.4 Å². The maximum atomic E-state index is 14.0. The zero-order valence-electron chi connectivity index (χ0n) is 10.0. The summed E-state index contributed by atoms with van der Waals surface area (Å²) in [6.07, 6.45) is 3.21. The average Bonchev–Trinajstić information content (AvgIpc) is 3.20. The molecule has 0 radical (unpaired) electrons. The molecule has 0 aliphatic heterocycles. The lowest BCUT2D eigenvalue weighted by atomic mass is 9.96. The van der Waals surface area contributed by atoms with Crippen molar-refractivity contribution in [3.8, 4) is 0 Å². The second kappa shape index (κ2) is 3.78. The SMILES string of the molecule is NCC1(c2ccc(S(=O)(=O)C3CC3)c(F)c2)CC1. The number of halogens is 1. The zero-order chi connectivity index (χ0) is 13.0. The molecule has 2 aliphatic rings. The molecule has 5 heteroatoms. The van der Waals surface area contributed by atoms with Gasteiger partial charge in [-0.1, -0.05) is 6.07 Å². The first-order chi connectivity index (χ1) is 8.49. The maximum absolute atomic E-state index is 14.0. The van der Waals surface area contributed by atoms with Crippen molar-refractivity contribution >= 4 is 9.84 Å². The van der Waals surface area contributed by atoms with E-state index in [2.05, 4.69) is 0 Å². The average molecular weight is 269 g/mol. The Bertz CT molecular complexity index is 589. The molecule has 3 nitrogen and oxygen atoms in total. The van der Waals surface area contributed by atoms with Crippen molar-refractivity contribution in [2.75, 3.05) is 6.54 Å². The summed E-state index contributed by atoms with van der Waals surface area (Å²) in [5.74, 6) is -0.626. The Morgan fingerprint density at radius 1 is 1.33 bits per heavy atom. The lowest BCUT2D eigenvalue weighted by molar-refractivity contribution is 0.561. The van der Waals surface area contributed by atoms with E-state index in [9.17, 15) is 12.8 Å². The van der Waals surface area contributed by atoms with E-state index < -0.39 is 15.7 Å². The Balaban J connectivity index is 2.00. The molecule has 2 saturated carbocycles. The molecule has 0 amide bonds. The summed E-state index contributed by atoms with van der Waals surface area (Å²) in [5, 5.41) is -0.373. The summed E-state index contributed by atoms with van der Waals surface area (Å²) in [7, 11) is -3.45. The van der Waals surface area contributed by atoms with Crippen LogP contribution >= 0.6 is 0 Å². The van der Waals surface area contributed by atoms with Crippen LogP contribution < -0.4 is 5.73 Å². The van der Waals surface area contributed by atoms with Crippen molar-refractivity contribution in [1.82, 2.24) is 0 Å². The van der Waals surface area contributed by atoms with E-state index in [1.807, 2.05) is 0 Å². The first-order valence-corrected chi connectivity index (χ1v) is 7.78. The minimum atomic E-state index is -3.45. The minimum absolute atomic E-state index is 0.108. The highest BCUT2D eigenvalue weighted by Crippen LogP contribution is 2.47. The molecule has 0 spiro atoms. The van der Waals surface area contributed by atoms with Gasteiger partial charge in [0.1, 0.15) is 10.7 Å². The van der Waals surface area contributed by atoms with E-state index in [-0.39, 0.29) is 15.6 Å². The highest BCUT2D eigenvalue weighted by molar-refractivity contribution is 7.92. The molecule has 18 heavy (non-hydrogen) atoms. The first-order valence-electron chi connectivity index (χ1n) is 6.24. The second-order valence-electron chi connectivity index (χ2n) is 5.37. The van der Waals surface area contributed by atoms with Crippen LogP contribution in [0.3, 0.4) is 0 Å². The van der Waals surface area contributed by atoms with Gasteiger partial charge in [0.25, 0.3) is 0 Å². The molecule has 3 rings (SSSR count). The molecule has 1 aromatic rings. The summed E-state index contributed by atoms with van der Waals surface area (Å²) in [5.41, 5.74) is 6.41. The third-order valence-electron chi connectivity index (χ3n) is 4.06. The third-order valence-corrected chi connectivity index (χ3v) is 6.35. The van der Waals surface area contributed by atoms with Gasteiger partial charge in [-0.2, -0.15) is 0 Å². The largest absolute Gasteiger partial charge is 0.330 e. The molecule has 0 unspecified atom stereocenters. The predicted molar refractivity (Wildman–Crippen MR) is 66.6 cm³/mol. The summed E-state index contributed by atoms with van der Waals surface area (Å²) in [6.45, 7) is 0.487. The highest BCUT2D eigenvalue weighted by Gasteiger charge is 2.44. The fourth-order valence-electron chi connectivity index (χ4n) is 2.38. The number of sulfone groups is 1. The van der Waals surface area contributed by atoms with Crippen LogP contribution in [-0.4, -0.2) is 20.2 Å². The number of hydrogen-bond donors (Lipinski definition) is 1. The Kier molecular flexibility index (Phi) is 2.54. The maximum Gasteiger partial charge on any atom is 0.184 e. The van der Waals surface area contributed by atoms with E-state index in [1.54, 1.807) is 6.07 Å². The van der Waals surface area contributed by atoms with E-state index in [1.165, 1.54) is 12.1 Å². The van der Waals surface area contributed by atoms with Crippen LogP contribution in [0.15, 0.2) is 23.1 Å². The smallest absolute Gasteiger partial charge is 0.184 e. The van der Waals surface area contributed by atoms with Gasteiger partial charge in [-0.3, -0.25) is 0 Å². The zero-order valence-corrected chi connectivity index (χ0v) is 10.8. The van der Waals surface area contributed by atoms with Gasteiger partial charge < -0.3 is 5.73 Å². The van der Waals surface area contributed by atoms with E-state index in [0.29, 0.717) is 19.4 Å². The van der Waals surface area contributed by atoms with Crippen molar-refractivity contribution in [2.45, 2.75) is 41.2 Å². The normalized spacial score (nSPS) is 21.9. The first kappa shape index (κ1) is 12.1. The number of benzene rings is 1. The molecule has 2 N–H and O–H groups in total. The second-order valence-corrected chi connectivity index (χ2v) is 7.57. The van der Waals surface area contributed by atoms with Gasteiger partial charge in [-0.25, -0.2) is 12.8 Å². The Hall–Kier alpha value is -0.940. The monoisotopic (exact) mass is 269 g/mol. The Labute approximate surface area is 106 Å². The van der Waals surface area contributed by atoms with Gasteiger partial charge in [0.05, 0.1) is 5.25 Å². The molecule has 1 aromatic carbocycles. The van der Waals surface area contributed by atoms with Crippen LogP contribution in [-0.2, 0) is 15.3 Å². The standard InChI is InChI=1S/C13H16FNO2S/c14-11-7-9(13(8-15)5-6-13)1-4-12(11)18(16,17)10-2-3-10/h1,4,7,10H,2-3,5-6,8,15H2. The van der Waals surface area contributed by atoms with Crippen molar-refractivity contribution < 1.29 is 12.8 Å². The molecular formula is C13H16FNO2S. The minimum Gasteiger partial charge on any atom is -0.330 e. The Morgan fingerprint density at radius 2 is 2.00 bits per heavy atom. The van der Waals surface area contributed by atoms with Crippen LogP contribution in [0.25, 0.3) is 0 Å². The lowest BCUT2D eigenvalue weighted by Gasteiger charge is -2.14. The van der Waals surface area contributed by atoms with Crippen molar-refractivity contribution in [2.24, 2.45) is 5.73 Å². The van der Waals surface area contributed by atoms with Gasteiger partial charge in [-0.15, -0.1) is 0 Å². The highest BCUT2D eigenvalue weighted by atomic mass is 32.2. The van der Waals surface area contributed by atoms with Gasteiger partial charge >= 0.3 is 0 Å². The molecule has 98 valence electrons. The van der Waals surface area contributed by atoms with Crippen molar-refractivity contribution in [3.05, 3.63) is 29.6 Å². The summed E-state index contributed by atoms with van der Waals surface area (Å²) >= 11 is 0. The van der Waals surface area contributed by atoms with Gasteiger partial charge in [-0.05, 0) is 43.4 Å². The van der Waals surface area contributed by atoms with E-state index in [4.69, 9.17) is 5.73 Å². The topological polar surface area (TPSA) is 60.2 Å². The fourth-order valence-corrected chi connectivity index (χ4v) is 4.09. The molecule has 0 aromatic heterocycles. The summed E-state index contributed by atoms with van der Waals surface area (Å²) in [4.78, 5) is -0.151. The van der Waals surface area contributed by atoms with Crippen LogP contribution in [0.5, 0.6) is 0 Å². The number of nitrogens with two attached hydrogens (primary N) is 1. The van der Waals surface area contributed by atoms with Crippen LogP contribution in [0.1, 0.15) is 31.2 Å². The summed E-state index contributed by atoms with van der Waals surface area (Å²) < 4.78 is 38.0. The van der Waals surface area contributed by atoms with Crippen molar-refractivity contribution in [1.29, 1.82) is 0 Å². The van der Waals surface area contributed by atoms with Gasteiger partial charge in [0.2, 0.25) is 0 Å². The lowest BCUT2D eigenvalue weighted by Crippen LogP contribution is -2.20. The van der Waals surface area contributed by atoms with Crippen LogP contribution in [0.4, 0.5) is 4.39 Å². The molecule has 0 atom stereocenters. The van der Waals surface area contributed by atoms with Crippen molar-refractivity contribution in [3.63, 3.8) is 0 Å². The van der Waals surface area contributed by atoms with Crippen LogP contribution in [0, 0.1) is 5.82 Å². The molecular weight excluding hydrogens is 253 g/mol. The molecule has 0 heterocycles. The molecule has 2 fully saturated rings.